The van der Waals surface area contributed by atoms with Gasteiger partial charge < -0.3 is 28.6 Å². The number of amides is 1. The highest BCUT2D eigenvalue weighted by Crippen LogP contribution is 2.45. The standard InChI is InChI=1S/C33H41F2N3O7/c1-19-25(18-39)38-17-27(19)45-30-29(36-23-8-7-21(42-3)15-24(23)37-30)33(34,35)9-5-4-6-20-14-26(20)44-28(40)16-22(31(38)41)32(2)10-12-43-13-11-32/h7-8,15,18-20,22,25-27H,4-6,9-14,16-17H2,1-3H3/t19-,20+,22+,25+,26+,27-/m0/s1. The van der Waals surface area contributed by atoms with Gasteiger partial charge in [0.25, 0.3) is 5.92 Å². The second-order valence-electron chi connectivity index (χ2n) is 13.4. The quantitative estimate of drug-likeness (QED) is 0.347. The first kappa shape index (κ1) is 31.6. The molecule has 1 saturated carbocycles. The van der Waals surface area contributed by atoms with Gasteiger partial charge in [0.1, 0.15) is 24.2 Å². The predicted octanol–water partition coefficient (Wildman–Crippen LogP) is 4.85. The van der Waals surface area contributed by atoms with Crippen molar-refractivity contribution in [3.8, 4) is 11.6 Å². The molecule has 3 aliphatic heterocycles. The molecule has 4 heterocycles. The van der Waals surface area contributed by atoms with E-state index in [2.05, 4.69) is 9.97 Å². The van der Waals surface area contributed by atoms with E-state index in [9.17, 15) is 14.4 Å². The zero-order valence-corrected chi connectivity index (χ0v) is 26.0. The minimum Gasteiger partial charge on any atom is -0.497 e. The minimum atomic E-state index is -3.35. The molecule has 3 fully saturated rings. The minimum absolute atomic E-state index is 0.0327. The Kier molecular flexibility index (Phi) is 8.71. The molecule has 0 N–H and O–H groups in total. The lowest BCUT2D eigenvalue weighted by Gasteiger charge is -2.41. The van der Waals surface area contributed by atoms with Crippen LogP contribution in [0.15, 0.2) is 18.2 Å². The Balaban J connectivity index is 1.39. The molecule has 10 nitrogen and oxygen atoms in total. The van der Waals surface area contributed by atoms with Gasteiger partial charge in [-0.05, 0) is 55.6 Å². The number of aromatic nitrogens is 2. The Morgan fingerprint density at radius 3 is 2.56 bits per heavy atom. The molecule has 1 aliphatic carbocycles. The summed E-state index contributed by atoms with van der Waals surface area (Å²) < 4.78 is 54.7. The van der Waals surface area contributed by atoms with Crippen LogP contribution >= 0.6 is 0 Å². The number of nitrogens with zero attached hydrogens (tertiary/aromatic N) is 3. The molecule has 0 radical (unpaired) electrons. The molecule has 6 atom stereocenters. The zero-order chi connectivity index (χ0) is 31.9. The van der Waals surface area contributed by atoms with Gasteiger partial charge in [-0.15, -0.1) is 0 Å². The number of aldehydes is 1. The maximum Gasteiger partial charge on any atom is 0.306 e. The first-order chi connectivity index (χ1) is 21.5. The van der Waals surface area contributed by atoms with E-state index in [1.54, 1.807) is 25.1 Å². The van der Waals surface area contributed by atoms with Crippen molar-refractivity contribution in [3.63, 3.8) is 0 Å². The third-order valence-corrected chi connectivity index (χ3v) is 10.3. The highest BCUT2D eigenvalue weighted by Gasteiger charge is 2.51. The molecule has 1 aromatic heterocycles. The average Bonchev–Trinajstić information content (AvgIpc) is 3.68. The number of carbonyl (C=O) groups excluding carboxylic acids is 3. The average molecular weight is 630 g/mol. The van der Waals surface area contributed by atoms with E-state index in [1.807, 2.05) is 6.92 Å². The van der Waals surface area contributed by atoms with Crippen LogP contribution in [0.5, 0.6) is 11.6 Å². The first-order valence-corrected chi connectivity index (χ1v) is 16.0. The van der Waals surface area contributed by atoms with Gasteiger partial charge in [-0.3, -0.25) is 9.59 Å². The third-order valence-electron chi connectivity index (χ3n) is 10.3. The summed E-state index contributed by atoms with van der Waals surface area (Å²) in [5, 5.41) is 0. The Bertz CT molecular complexity index is 1450. The number of carbonyl (C=O) groups is 3. The summed E-state index contributed by atoms with van der Waals surface area (Å²) >= 11 is 0. The number of rotatable bonds is 3. The number of benzene rings is 1. The summed E-state index contributed by atoms with van der Waals surface area (Å²) in [6, 6.07) is 3.93. The fourth-order valence-electron chi connectivity index (χ4n) is 7.11. The van der Waals surface area contributed by atoms with E-state index in [0.717, 1.165) is 0 Å². The lowest BCUT2D eigenvalue weighted by Crippen LogP contribution is -2.49. The SMILES string of the molecule is COc1ccc2nc3c(nc2c1)O[C@H]1CN(C(=O)[C@H](C2(C)CCOCC2)CC(=O)O[C@@H]2C[C@H]2CCCCC3(F)F)[C@H](C=O)[C@@H]1C. The molecule has 2 bridgehead atoms. The number of fused-ring (bicyclic) bond motifs is 5. The zero-order valence-electron chi connectivity index (χ0n) is 26.0. The first-order valence-electron chi connectivity index (χ1n) is 16.0. The molecule has 1 aromatic carbocycles. The van der Waals surface area contributed by atoms with E-state index in [4.69, 9.17) is 18.9 Å². The van der Waals surface area contributed by atoms with Crippen molar-refractivity contribution >= 4 is 29.2 Å². The summed E-state index contributed by atoms with van der Waals surface area (Å²) in [7, 11) is 1.50. The van der Waals surface area contributed by atoms with Gasteiger partial charge in [-0.1, -0.05) is 20.3 Å². The van der Waals surface area contributed by atoms with Crippen LogP contribution in [0.25, 0.3) is 11.0 Å². The van der Waals surface area contributed by atoms with Crippen molar-refractivity contribution in [3.05, 3.63) is 23.9 Å². The number of hydrogen-bond donors (Lipinski definition) is 0. The van der Waals surface area contributed by atoms with Gasteiger partial charge in [0.05, 0.1) is 43.1 Å². The third kappa shape index (κ3) is 6.35. The van der Waals surface area contributed by atoms with Crippen LogP contribution in [0.3, 0.4) is 0 Å². The van der Waals surface area contributed by atoms with Crippen LogP contribution in [0.4, 0.5) is 8.78 Å². The highest BCUT2D eigenvalue weighted by molar-refractivity contribution is 5.87. The lowest BCUT2D eigenvalue weighted by molar-refractivity contribution is -0.156. The maximum absolute atomic E-state index is 15.9. The molecule has 6 rings (SSSR count). The molecule has 0 spiro atoms. The Morgan fingerprint density at radius 2 is 1.82 bits per heavy atom. The van der Waals surface area contributed by atoms with Crippen molar-refractivity contribution in [2.24, 2.45) is 23.2 Å². The van der Waals surface area contributed by atoms with Crippen LogP contribution in [0.1, 0.15) is 70.9 Å². The molecule has 1 amide bonds. The summed E-state index contributed by atoms with van der Waals surface area (Å²) in [5.74, 6) is -5.15. The van der Waals surface area contributed by atoms with Crippen LogP contribution in [-0.2, 0) is 29.8 Å². The van der Waals surface area contributed by atoms with Crippen molar-refractivity contribution in [2.75, 3.05) is 26.9 Å². The number of alkyl halides is 2. The van der Waals surface area contributed by atoms with E-state index in [-0.39, 0.29) is 48.7 Å². The fraction of sp³-hybridized carbons (Fsp3) is 0.667. The van der Waals surface area contributed by atoms with Crippen molar-refractivity contribution < 1.29 is 42.1 Å². The van der Waals surface area contributed by atoms with Crippen LogP contribution < -0.4 is 9.47 Å². The van der Waals surface area contributed by atoms with Gasteiger partial charge in [-0.2, -0.15) is 8.78 Å². The summed E-state index contributed by atoms with van der Waals surface area (Å²) in [6.07, 6.45) is 2.32. The van der Waals surface area contributed by atoms with Crippen molar-refractivity contribution in [1.82, 2.24) is 14.9 Å². The monoisotopic (exact) mass is 629 g/mol. The normalized spacial score (nSPS) is 31.9. The lowest BCUT2D eigenvalue weighted by atomic mass is 9.69. The van der Waals surface area contributed by atoms with E-state index >= 15 is 8.78 Å². The van der Waals surface area contributed by atoms with Gasteiger partial charge in [0.2, 0.25) is 11.8 Å². The number of esters is 1. The maximum atomic E-state index is 15.9. The van der Waals surface area contributed by atoms with Gasteiger partial charge in [0, 0.05) is 31.6 Å². The number of hydrogen-bond acceptors (Lipinski definition) is 9. The molecule has 12 heteroatoms. The Labute approximate surface area is 261 Å². The summed E-state index contributed by atoms with van der Waals surface area (Å²) in [5.41, 5.74) is -0.516. The van der Waals surface area contributed by atoms with E-state index < -0.39 is 53.4 Å². The summed E-state index contributed by atoms with van der Waals surface area (Å²) in [4.78, 5) is 50.3. The van der Waals surface area contributed by atoms with Crippen molar-refractivity contribution in [2.45, 2.75) is 89.4 Å². The van der Waals surface area contributed by atoms with E-state index in [1.165, 1.54) is 12.0 Å². The smallest absolute Gasteiger partial charge is 0.306 e. The van der Waals surface area contributed by atoms with Gasteiger partial charge >= 0.3 is 5.97 Å². The van der Waals surface area contributed by atoms with Crippen LogP contribution in [0, 0.1) is 23.2 Å². The van der Waals surface area contributed by atoms with E-state index in [0.29, 0.717) is 62.9 Å². The highest BCUT2D eigenvalue weighted by atomic mass is 19.3. The predicted molar refractivity (Wildman–Crippen MR) is 158 cm³/mol. The summed E-state index contributed by atoms with van der Waals surface area (Å²) in [6.45, 7) is 4.62. The topological polar surface area (TPSA) is 117 Å². The van der Waals surface area contributed by atoms with Crippen molar-refractivity contribution in [1.29, 1.82) is 0 Å². The number of methoxy groups -OCH3 is 1. The molecule has 45 heavy (non-hydrogen) atoms. The Morgan fingerprint density at radius 1 is 1.04 bits per heavy atom. The number of halogens is 2. The van der Waals surface area contributed by atoms with Crippen LogP contribution in [-0.4, -0.2) is 78.1 Å². The number of ether oxygens (including phenoxy) is 4. The molecule has 4 aliphatic rings. The Hall–Kier alpha value is -3.41. The van der Waals surface area contributed by atoms with Gasteiger partial charge in [0.15, 0.2) is 5.69 Å². The molecule has 244 valence electrons. The largest absolute Gasteiger partial charge is 0.497 e. The molecule has 2 saturated heterocycles. The van der Waals surface area contributed by atoms with Gasteiger partial charge in [-0.25, -0.2) is 9.97 Å². The molecule has 0 unspecified atom stereocenters. The molecular formula is C33H41F2N3O7. The molecular weight excluding hydrogens is 588 g/mol. The fourth-order valence-corrected chi connectivity index (χ4v) is 7.11. The molecule has 2 aromatic rings. The second-order valence-corrected chi connectivity index (χ2v) is 13.4. The second kappa shape index (κ2) is 12.4. The van der Waals surface area contributed by atoms with Crippen LogP contribution in [0.2, 0.25) is 0 Å².